The molecule has 1 saturated heterocycles. The molecule has 324 valence electrons. The molecule has 0 aromatic heterocycles. The van der Waals surface area contributed by atoms with E-state index < -0.39 is 51.8 Å². The largest absolute Gasteiger partial charge is 0.472 e. The summed E-state index contributed by atoms with van der Waals surface area (Å²) in [4.78, 5) is 35.0. The van der Waals surface area contributed by atoms with E-state index in [9.17, 15) is 24.2 Å². The number of ether oxygens (including phenoxy) is 3. The van der Waals surface area contributed by atoms with Crippen LogP contribution in [0.2, 0.25) is 0 Å². The van der Waals surface area contributed by atoms with Crippen molar-refractivity contribution < 1.29 is 52.5 Å². The Balaban J connectivity index is 2.30. The summed E-state index contributed by atoms with van der Waals surface area (Å²) in [6.45, 7) is 2.25. The average Bonchev–Trinajstić information content (AvgIpc) is 3.94. The number of epoxide rings is 1. The molecular formula is C44H77O11P. The van der Waals surface area contributed by atoms with E-state index in [-0.39, 0.29) is 19.4 Å². The highest BCUT2D eigenvalue weighted by atomic mass is 31.2. The maximum atomic E-state index is 12.6. The van der Waals surface area contributed by atoms with Gasteiger partial charge in [0.1, 0.15) is 12.7 Å². The van der Waals surface area contributed by atoms with E-state index >= 15 is 0 Å². The van der Waals surface area contributed by atoms with E-state index in [2.05, 4.69) is 54.8 Å². The van der Waals surface area contributed by atoms with Gasteiger partial charge in [-0.1, -0.05) is 127 Å². The van der Waals surface area contributed by atoms with Crippen molar-refractivity contribution in [2.24, 2.45) is 0 Å². The van der Waals surface area contributed by atoms with Crippen LogP contribution in [0.3, 0.4) is 0 Å². The standard InChI is InChI=1S/C44H77O11P/c1-3-5-7-9-11-12-13-14-15-16-17-18-21-25-29-33-43(47)51-37-40(38-53-56(49,50)52-36-39(46)35-45)54-44(48)34-30-26-22-19-20-24-28-32-42-41(55-42)31-27-23-10-8-6-4-2/h14-15,19,22-24,27-28,39-42,45-46H,3-13,16-18,20-21,25-26,29-38H2,1-2H3,(H,49,50). The Kier molecular flexibility index (Phi) is 33.4. The molecular weight excluding hydrogens is 735 g/mol. The summed E-state index contributed by atoms with van der Waals surface area (Å²) in [6.07, 6.45) is 39.7. The van der Waals surface area contributed by atoms with Gasteiger partial charge in [0.15, 0.2) is 6.10 Å². The van der Waals surface area contributed by atoms with Gasteiger partial charge in [-0.2, -0.15) is 0 Å². The average molecular weight is 813 g/mol. The molecule has 1 fully saturated rings. The van der Waals surface area contributed by atoms with Crippen molar-refractivity contribution in [2.75, 3.05) is 26.4 Å². The Labute approximate surface area is 338 Å². The van der Waals surface area contributed by atoms with Crippen molar-refractivity contribution in [2.45, 2.75) is 192 Å². The predicted octanol–water partition coefficient (Wildman–Crippen LogP) is 10.3. The van der Waals surface area contributed by atoms with Crippen LogP contribution in [-0.4, -0.2) is 77.9 Å². The second-order valence-electron chi connectivity index (χ2n) is 14.7. The van der Waals surface area contributed by atoms with Gasteiger partial charge in [0.25, 0.3) is 0 Å². The quantitative estimate of drug-likeness (QED) is 0.0178. The SMILES string of the molecule is CCCCCC=CCC1OC1CC=CCC=CCCCC(=O)OC(COC(=O)CCCCCCCC=CCCCCCCCC)COP(=O)(O)OCC(O)CO. The molecule has 0 aromatic rings. The third-order valence-electron chi connectivity index (χ3n) is 9.36. The van der Waals surface area contributed by atoms with Crippen LogP contribution in [0.5, 0.6) is 0 Å². The Hall–Kier alpha value is -2.11. The first-order valence-corrected chi connectivity index (χ1v) is 23.2. The van der Waals surface area contributed by atoms with E-state index in [0.717, 1.165) is 64.2 Å². The van der Waals surface area contributed by atoms with Crippen molar-refractivity contribution in [3.63, 3.8) is 0 Å². The van der Waals surface area contributed by atoms with Gasteiger partial charge >= 0.3 is 19.8 Å². The lowest BCUT2D eigenvalue weighted by Crippen LogP contribution is -2.29. The Morgan fingerprint density at radius 1 is 0.625 bits per heavy atom. The molecule has 0 saturated carbocycles. The number of aliphatic hydroxyl groups excluding tert-OH is 2. The number of unbranched alkanes of at least 4 members (excludes halogenated alkanes) is 15. The highest BCUT2D eigenvalue weighted by molar-refractivity contribution is 7.47. The summed E-state index contributed by atoms with van der Waals surface area (Å²) < 4.78 is 38.4. The number of esters is 2. The summed E-state index contributed by atoms with van der Waals surface area (Å²) in [5.74, 6) is -1.01. The molecule has 5 atom stereocenters. The fourth-order valence-corrected chi connectivity index (χ4v) is 6.63. The first-order chi connectivity index (χ1) is 27.2. The maximum Gasteiger partial charge on any atom is 0.472 e. The van der Waals surface area contributed by atoms with E-state index in [4.69, 9.17) is 23.8 Å². The molecule has 11 nitrogen and oxygen atoms in total. The molecule has 3 N–H and O–H groups in total. The van der Waals surface area contributed by atoms with Crippen molar-refractivity contribution in [1.29, 1.82) is 0 Å². The van der Waals surface area contributed by atoms with Crippen LogP contribution in [0, 0.1) is 0 Å². The predicted molar refractivity (Wildman–Crippen MR) is 223 cm³/mol. The lowest BCUT2D eigenvalue weighted by Gasteiger charge is -2.20. The number of phosphoric ester groups is 1. The molecule has 0 spiro atoms. The molecule has 0 amide bonds. The lowest BCUT2D eigenvalue weighted by atomic mass is 10.1. The molecule has 0 aromatic carbocycles. The zero-order chi connectivity index (χ0) is 41.0. The second kappa shape index (κ2) is 36.0. The number of rotatable bonds is 39. The Bertz CT molecular complexity index is 1140. The number of phosphoric acid groups is 1. The van der Waals surface area contributed by atoms with Crippen LogP contribution in [0.25, 0.3) is 0 Å². The molecule has 1 aliphatic rings. The van der Waals surface area contributed by atoms with E-state index in [1.54, 1.807) is 0 Å². The molecule has 0 bridgehead atoms. The van der Waals surface area contributed by atoms with Gasteiger partial charge in [-0.15, -0.1) is 0 Å². The summed E-state index contributed by atoms with van der Waals surface area (Å²) in [5.41, 5.74) is 0. The molecule has 1 rings (SSSR count). The van der Waals surface area contributed by atoms with Crippen molar-refractivity contribution in [1.82, 2.24) is 0 Å². The van der Waals surface area contributed by atoms with Crippen molar-refractivity contribution in [3.8, 4) is 0 Å². The Morgan fingerprint density at radius 3 is 1.77 bits per heavy atom. The smallest absolute Gasteiger partial charge is 0.462 e. The number of carbonyl (C=O) groups excluding carboxylic acids is 2. The first kappa shape index (κ1) is 51.9. The van der Waals surface area contributed by atoms with Gasteiger partial charge < -0.3 is 29.3 Å². The van der Waals surface area contributed by atoms with Gasteiger partial charge in [-0.25, -0.2) is 4.57 Å². The minimum absolute atomic E-state index is 0.100. The summed E-state index contributed by atoms with van der Waals surface area (Å²) in [5, 5.41) is 18.3. The van der Waals surface area contributed by atoms with E-state index in [1.165, 1.54) is 57.8 Å². The summed E-state index contributed by atoms with van der Waals surface area (Å²) in [6, 6.07) is 0. The van der Waals surface area contributed by atoms with Crippen LogP contribution in [0.1, 0.15) is 168 Å². The highest BCUT2D eigenvalue weighted by Crippen LogP contribution is 2.43. The highest BCUT2D eigenvalue weighted by Gasteiger charge is 2.36. The first-order valence-electron chi connectivity index (χ1n) is 21.7. The van der Waals surface area contributed by atoms with Crippen molar-refractivity contribution in [3.05, 3.63) is 48.6 Å². The fourth-order valence-electron chi connectivity index (χ4n) is 5.84. The van der Waals surface area contributed by atoms with Crippen LogP contribution >= 0.6 is 7.82 Å². The molecule has 0 radical (unpaired) electrons. The number of carbonyl (C=O) groups is 2. The minimum Gasteiger partial charge on any atom is -0.462 e. The summed E-state index contributed by atoms with van der Waals surface area (Å²) in [7, 11) is -4.64. The number of allylic oxidation sites excluding steroid dienone is 6. The molecule has 56 heavy (non-hydrogen) atoms. The normalized spacial score (nSPS) is 17.9. The molecule has 12 heteroatoms. The molecule has 1 heterocycles. The van der Waals surface area contributed by atoms with E-state index in [1.807, 2.05) is 12.2 Å². The van der Waals surface area contributed by atoms with Crippen LogP contribution in [0.15, 0.2) is 48.6 Å². The topological polar surface area (TPSA) is 161 Å². The number of hydrogen-bond acceptors (Lipinski definition) is 10. The monoisotopic (exact) mass is 813 g/mol. The maximum absolute atomic E-state index is 12.6. The summed E-state index contributed by atoms with van der Waals surface area (Å²) >= 11 is 0. The van der Waals surface area contributed by atoms with Crippen LogP contribution in [0.4, 0.5) is 0 Å². The second-order valence-corrected chi connectivity index (χ2v) is 16.2. The molecule has 0 aliphatic carbocycles. The number of aliphatic hydroxyl groups is 2. The number of hydrogen-bond donors (Lipinski definition) is 3. The third-order valence-corrected chi connectivity index (χ3v) is 10.3. The van der Waals surface area contributed by atoms with E-state index in [0.29, 0.717) is 31.5 Å². The third kappa shape index (κ3) is 32.9. The van der Waals surface area contributed by atoms with Gasteiger partial charge in [0.2, 0.25) is 0 Å². The fraction of sp³-hybridized carbons (Fsp3) is 0.773. The van der Waals surface area contributed by atoms with Gasteiger partial charge in [-0.3, -0.25) is 18.6 Å². The van der Waals surface area contributed by atoms with Gasteiger partial charge in [0.05, 0.1) is 32.0 Å². The van der Waals surface area contributed by atoms with Gasteiger partial charge in [-0.05, 0) is 77.0 Å². The van der Waals surface area contributed by atoms with Crippen molar-refractivity contribution >= 4 is 19.8 Å². The Morgan fingerprint density at radius 2 is 1.11 bits per heavy atom. The molecule has 5 unspecified atom stereocenters. The van der Waals surface area contributed by atoms with Crippen LogP contribution < -0.4 is 0 Å². The molecule has 1 aliphatic heterocycles. The van der Waals surface area contributed by atoms with Crippen LogP contribution in [-0.2, 0) is 37.4 Å². The lowest BCUT2D eigenvalue weighted by molar-refractivity contribution is -0.161. The zero-order valence-corrected chi connectivity index (χ0v) is 35.7. The minimum atomic E-state index is -4.64. The zero-order valence-electron chi connectivity index (χ0n) is 34.8. The van der Waals surface area contributed by atoms with Gasteiger partial charge in [0, 0.05) is 12.8 Å².